The summed E-state index contributed by atoms with van der Waals surface area (Å²) in [4.78, 5) is 0. The highest BCUT2D eigenvalue weighted by Crippen LogP contribution is 2.47. The number of hydrogen-bond acceptors (Lipinski definition) is 0. The summed E-state index contributed by atoms with van der Waals surface area (Å²) in [6.45, 7) is 0. The molecule has 316 valence electrons. The molecule has 0 aliphatic carbocycles. The minimum atomic E-state index is 1.16. The van der Waals surface area contributed by atoms with Crippen LogP contribution in [0, 0.1) is 0 Å². The Morgan fingerprint density at radius 3 is 1.19 bits per heavy atom. The van der Waals surface area contributed by atoms with Crippen molar-refractivity contribution in [2.24, 2.45) is 0 Å². The zero-order chi connectivity index (χ0) is 44.7. The molecule has 0 amide bonds. The fourth-order valence-electron chi connectivity index (χ4n) is 11.3. The molecule has 2 aromatic heterocycles. The Bertz CT molecular complexity index is 4080. The molecule has 0 N–H and O–H groups in total. The molecule has 0 atom stereocenters. The molecule has 0 aliphatic heterocycles. The Hall–Kier alpha value is -8.98. The van der Waals surface area contributed by atoms with Crippen molar-refractivity contribution in [2.75, 3.05) is 0 Å². The van der Waals surface area contributed by atoms with Gasteiger partial charge in [0.05, 0.1) is 22.1 Å². The monoisotopic (exact) mass is 862 g/mol. The smallest absolute Gasteiger partial charge is 0.0541 e. The fourth-order valence-corrected chi connectivity index (χ4v) is 11.3. The van der Waals surface area contributed by atoms with Crippen molar-refractivity contribution in [2.45, 2.75) is 0 Å². The van der Waals surface area contributed by atoms with Crippen LogP contribution in [0.1, 0.15) is 0 Å². The zero-order valence-electron chi connectivity index (χ0n) is 37.1. The summed E-state index contributed by atoms with van der Waals surface area (Å²) in [5.41, 5.74) is 16.8. The SMILES string of the molecule is c1ccc(-c2ccc3cccc(-c4c5cccc(-c6ccc7c(c6)c6ccccc6n7-c6ccccc6)c5cc5c(-c6ccc7c(c6)c6ccccc6n7-c6ccccc6)cccc45)c3c2)cc1. The van der Waals surface area contributed by atoms with E-state index in [2.05, 4.69) is 264 Å². The van der Waals surface area contributed by atoms with E-state index in [0.29, 0.717) is 0 Å². The van der Waals surface area contributed by atoms with Crippen LogP contribution in [0.3, 0.4) is 0 Å². The van der Waals surface area contributed by atoms with E-state index < -0.39 is 0 Å². The summed E-state index contributed by atoms with van der Waals surface area (Å²) < 4.78 is 4.79. The molecule has 14 rings (SSSR count). The third-order valence-corrected chi connectivity index (χ3v) is 14.3. The standard InChI is InChI=1S/C66H42N2/c1-4-17-43(18-5-1)45-34-33-44-19-14-28-54(57(44)39-45)66-55-29-15-26-50(46-35-37-64-60(40-46)52-24-10-12-31-62(52)67(64)48-20-6-2-7-21-48)58(55)42-59-51(27-16-30-56(59)66)47-36-38-65-61(41-47)53-25-11-13-32-63(53)68(65)49-22-8-3-9-23-49/h1-42H. The molecule has 0 aliphatic rings. The van der Waals surface area contributed by atoms with Gasteiger partial charge in [-0.2, -0.15) is 0 Å². The van der Waals surface area contributed by atoms with Gasteiger partial charge in [-0.15, -0.1) is 0 Å². The Morgan fingerprint density at radius 2 is 0.632 bits per heavy atom. The van der Waals surface area contributed by atoms with Crippen molar-refractivity contribution < 1.29 is 0 Å². The van der Waals surface area contributed by atoms with Crippen LogP contribution in [0.5, 0.6) is 0 Å². The summed E-state index contributed by atoms with van der Waals surface area (Å²) in [5, 5.41) is 12.4. The van der Waals surface area contributed by atoms with Crippen LogP contribution >= 0.6 is 0 Å². The second kappa shape index (κ2) is 15.3. The largest absolute Gasteiger partial charge is 0.309 e. The molecule has 12 aromatic carbocycles. The molecule has 0 bridgehead atoms. The minimum Gasteiger partial charge on any atom is -0.309 e. The number of fused-ring (bicyclic) bond motifs is 9. The van der Waals surface area contributed by atoms with Gasteiger partial charge in [-0.1, -0.05) is 182 Å². The van der Waals surface area contributed by atoms with E-state index >= 15 is 0 Å². The number of aromatic nitrogens is 2. The van der Waals surface area contributed by atoms with Gasteiger partial charge in [0.1, 0.15) is 0 Å². The summed E-state index contributed by atoms with van der Waals surface area (Å²) in [5.74, 6) is 0. The molecule has 0 saturated heterocycles. The Balaban J connectivity index is 1.06. The highest BCUT2D eigenvalue weighted by atomic mass is 15.0. The van der Waals surface area contributed by atoms with Crippen molar-refractivity contribution in [3.8, 4) is 55.9 Å². The van der Waals surface area contributed by atoms with Crippen LogP contribution in [0.4, 0.5) is 0 Å². The highest BCUT2D eigenvalue weighted by Gasteiger charge is 2.21. The van der Waals surface area contributed by atoms with Crippen LogP contribution in [0.25, 0.3) is 132 Å². The van der Waals surface area contributed by atoms with E-state index in [1.54, 1.807) is 0 Å². The van der Waals surface area contributed by atoms with Gasteiger partial charge >= 0.3 is 0 Å². The van der Waals surface area contributed by atoms with Crippen LogP contribution in [-0.2, 0) is 0 Å². The Morgan fingerprint density at radius 1 is 0.206 bits per heavy atom. The van der Waals surface area contributed by atoms with Gasteiger partial charge in [-0.3, -0.25) is 0 Å². The van der Waals surface area contributed by atoms with Crippen molar-refractivity contribution in [3.63, 3.8) is 0 Å². The number of rotatable bonds is 6. The molecular formula is C66H42N2. The molecule has 14 aromatic rings. The van der Waals surface area contributed by atoms with Gasteiger partial charge in [0.2, 0.25) is 0 Å². The van der Waals surface area contributed by atoms with Gasteiger partial charge in [0, 0.05) is 32.9 Å². The molecule has 68 heavy (non-hydrogen) atoms. The van der Waals surface area contributed by atoms with E-state index in [9.17, 15) is 0 Å². The molecule has 2 heterocycles. The van der Waals surface area contributed by atoms with E-state index in [0.717, 1.165) is 11.4 Å². The van der Waals surface area contributed by atoms with Gasteiger partial charge < -0.3 is 9.13 Å². The number of para-hydroxylation sites is 4. The van der Waals surface area contributed by atoms with Crippen molar-refractivity contribution in [1.82, 2.24) is 9.13 Å². The van der Waals surface area contributed by atoms with Crippen molar-refractivity contribution in [1.29, 1.82) is 0 Å². The van der Waals surface area contributed by atoms with E-state index in [1.165, 1.54) is 120 Å². The quantitative estimate of drug-likeness (QED) is 0.147. The third-order valence-electron chi connectivity index (χ3n) is 14.3. The average Bonchev–Trinajstić information content (AvgIpc) is 3.92. The number of benzene rings is 12. The second-order valence-corrected chi connectivity index (χ2v) is 18.0. The van der Waals surface area contributed by atoms with Crippen molar-refractivity contribution in [3.05, 3.63) is 255 Å². The molecule has 0 radical (unpaired) electrons. The molecule has 0 fully saturated rings. The normalized spacial score (nSPS) is 11.8. The van der Waals surface area contributed by atoms with E-state index in [4.69, 9.17) is 0 Å². The first-order valence-electron chi connectivity index (χ1n) is 23.5. The minimum absolute atomic E-state index is 1.16. The zero-order valence-corrected chi connectivity index (χ0v) is 37.1. The number of nitrogens with zero attached hydrogens (tertiary/aromatic N) is 2. The van der Waals surface area contributed by atoms with Crippen LogP contribution in [-0.4, -0.2) is 9.13 Å². The fraction of sp³-hybridized carbons (Fsp3) is 0. The van der Waals surface area contributed by atoms with Gasteiger partial charge in [-0.05, 0) is 150 Å². The first kappa shape index (κ1) is 38.3. The lowest BCUT2D eigenvalue weighted by atomic mass is 9.84. The molecule has 2 nitrogen and oxygen atoms in total. The van der Waals surface area contributed by atoms with Gasteiger partial charge in [0.15, 0.2) is 0 Å². The summed E-state index contributed by atoms with van der Waals surface area (Å²) in [7, 11) is 0. The van der Waals surface area contributed by atoms with E-state index in [1.807, 2.05) is 0 Å². The summed E-state index contributed by atoms with van der Waals surface area (Å²) in [6, 6.07) is 94.0. The maximum absolute atomic E-state index is 2.48. The Kier molecular flexibility index (Phi) is 8.62. The van der Waals surface area contributed by atoms with Gasteiger partial charge in [-0.25, -0.2) is 0 Å². The average molecular weight is 863 g/mol. The van der Waals surface area contributed by atoms with Crippen LogP contribution in [0.15, 0.2) is 255 Å². The van der Waals surface area contributed by atoms with Crippen LogP contribution < -0.4 is 0 Å². The highest BCUT2D eigenvalue weighted by molar-refractivity contribution is 6.23. The maximum atomic E-state index is 2.48. The number of hydrogen-bond donors (Lipinski definition) is 0. The maximum Gasteiger partial charge on any atom is 0.0541 e. The lowest BCUT2D eigenvalue weighted by molar-refractivity contribution is 1.18. The summed E-state index contributed by atoms with van der Waals surface area (Å²) in [6.07, 6.45) is 0. The molecule has 0 spiro atoms. The topological polar surface area (TPSA) is 9.86 Å². The van der Waals surface area contributed by atoms with E-state index in [-0.39, 0.29) is 0 Å². The Labute approximate surface area is 393 Å². The second-order valence-electron chi connectivity index (χ2n) is 18.0. The summed E-state index contributed by atoms with van der Waals surface area (Å²) >= 11 is 0. The first-order chi connectivity index (χ1) is 33.7. The third kappa shape index (κ3) is 5.91. The lowest BCUT2D eigenvalue weighted by Gasteiger charge is -2.19. The predicted molar refractivity (Wildman–Crippen MR) is 289 cm³/mol. The molecule has 2 heteroatoms. The molecule has 0 unspecified atom stereocenters. The molecule has 0 saturated carbocycles. The first-order valence-corrected chi connectivity index (χ1v) is 23.5. The van der Waals surface area contributed by atoms with Crippen molar-refractivity contribution >= 4 is 75.9 Å². The molecular weight excluding hydrogens is 821 g/mol. The van der Waals surface area contributed by atoms with Crippen LogP contribution in [0.2, 0.25) is 0 Å². The van der Waals surface area contributed by atoms with Gasteiger partial charge in [0.25, 0.3) is 0 Å². The predicted octanol–water partition coefficient (Wildman–Crippen LogP) is 18.0. The lowest BCUT2D eigenvalue weighted by Crippen LogP contribution is -1.93.